The zero-order valence-corrected chi connectivity index (χ0v) is 8.86. The number of hydrogen-bond acceptors (Lipinski definition) is 4. The molecule has 0 radical (unpaired) electrons. The second-order valence-corrected chi connectivity index (χ2v) is 3.75. The van der Waals surface area contributed by atoms with Gasteiger partial charge < -0.3 is 15.2 Å². The Hall–Kier alpha value is -1.10. The maximum atomic E-state index is 11.6. The van der Waals surface area contributed by atoms with Gasteiger partial charge >= 0.3 is 5.97 Å². The van der Waals surface area contributed by atoms with Gasteiger partial charge in [0.2, 0.25) is 5.91 Å². The van der Waals surface area contributed by atoms with E-state index >= 15 is 0 Å². The highest BCUT2D eigenvalue weighted by Crippen LogP contribution is 2.24. The van der Waals surface area contributed by atoms with E-state index in [1.54, 1.807) is 0 Å². The summed E-state index contributed by atoms with van der Waals surface area (Å²) in [5.41, 5.74) is 0. The summed E-state index contributed by atoms with van der Waals surface area (Å²) >= 11 is 0. The van der Waals surface area contributed by atoms with Crippen LogP contribution in [0, 0.1) is 5.92 Å². The number of aliphatic hydroxyl groups is 1. The van der Waals surface area contributed by atoms with Crippen molar-refractivity contribution in [2.45, 2.75) is 31.7 Å². The Morgan fingerprint density at radius 3 is 2.53 bits per heavy atom. The van der Waals surface area contributed by atoms with Crippen molar-refractivity contribution in [3.05, 3.63) is 0 Å². The summed E-state index contributed by atoms with van der Waals surface area (Å²) in [6, 6.07) is -0.928. The van der Waals surface area contributed by atoms with Crippen LogP contribution in [0.4, 0.5) is 0 Å². The molecular formula is C10H17NO4. The molecule has 1 unspecified atom stereocenters. The normalized spacial score (nSPS) is 18.5. The van der Waals surface area contributed by atoms with Gasteiger partial charge in [0, 0.05) is 5.92 Å². The lowest BCUT2D eigenvalue weighted by Crippen LogP contribution is -2.46. The van der Waals surface area contributed by atoms with Gasteiger partial charge in [-0.15, -0.1) is 0 Å². The average molecular weight is 215 g/mol. The molecule has 0 heterocycles. The van der Waals surface area contributed by atoms with Gasteiger partial charge in [0.25, 0.3) is 0 Å². The van der Waals surface area contributed by atoms with E-state index in [2.05, 4.69) is 10.1 Å². The van der Waals surface area contributed by atoms with Crippen LogP contribution in [-0.4, -0.2) is 36.7 Å². The third kappa shape index (κ3) is 3.20. The van der Waals surface area contributed by atoms with Crippen LogP contribution in [0.2, 0.25) is 0 Å². The van der Waals surface area contributed by atoms with Gasteiger partial charge in [-0.1, -0.05) is 12.8 Å². The van der Waals surface area contributed by atoms with Gasteiger partial charge in [-0.05, 0) is 12.8 Å². The largest absolute Gasteiger partial charge is 0.467 e. The van der Waals surface area contributed by atoms with Crippen molar-refractivity contribution in [1.82, 2.24) is 5.32 Å². The second-order valence-electron chi connectivity index (χ2n) is 3.75. The van der Waals surface area contributed by atoms with Crippen molar-refractivity contribution in [2.24, 2.45) is 5.92 Å². The summed E-state index contributed by atoms with van der Waals surface area (Å²) < 4.78 is 4.45. The molecule has 0 aliphatic heterocycles. The molecule has 86 valence electrons. The van der Waals surface area contributed by atoms with Crippen LogP contribution in [0.3, 0.4) is 0 Å². The van der Waals surface area contributed by atoms with Crippen LogP contribution in [-0.2, 0) is 14.3 Å². The number of amides is 1. The molecular weight excluding hydrogens is 198 g/mol. The quantitative estimate of drug-likeness (QED) is 0.638. The number of carbonyl (C=O) groups excluding carboxylic acids is 2. The molecule has 1 saturated carbocycles. The highest BCUT2D eigenvalue weighted by Gasteiger charge is 2.27. The Bertz CT molecular complexity index is 236. The third-order valence-electron chi connectivity index (χ3n) is 2.71. The molecule has 5 nitrogen and oxygen atoms in total. The Labute approximate surface area is 88.8 Å². The fourth-order valence-electron chi connectivity index (χ4n) is 1.80. The molecule has 0 spiro atoms. The number of carbonyl (C=O) groups is 2. The number of ether oxygens (including phenoxy) is 1. The first-order valence-electron chi connectivity index (χ1n) is 5.18. The molecule has 5 heteroatoms. The topological polar surface area (TPSA) is 75.6 Å². The van der Waals surface area contributed by atoms with Crippen LogP contribution in [0.15, 0.2) is 0 Å². The first-order chi connectivity index (χ1) is 7.19. The van der Waals surface area contributed by atoms with Gasteiger partial charge in [-0.25, -0.2) is 4.79 Å². The fourth-order valence-corrected chi connectivity index (χ4v) is 1.80. The zero-order chi connectivity index (χ0) is 11.3. The molecule has 0 aromatic carbocycles. The molecule has 1 aliphatic carbocycles. The van der Waals surface area contributed by atoms with E-state index in [4.69, 9.17) is 5.11 Å². The first-order valence-corrected chi connectivity index (χ1v) is 5.18. The molecule has 1 aliphatic rings. The van der Waals surface area contributed by atoms with Crippen LogP contribution in [0.5, 0.6) is 0 Å². The third-order valence-corrected chi connectivity index (χ3v) is 2.71. The maximum absolute atomic E-state index is 11.6. The number of hydrogen-bond donors (Lipinski definition) is 2. The number of rotatable bonds is 4. The van der Waals surface area contributed by atoms with Crippen LogP contribution in [0.25, 0.3) is 0 Å². The van der Waals surface area contributed by atoms with E-state index in [1.165, 1.54) is 7.11 Å². The highest BCUT2D eigenvalue weighted by molar-refractivity contribution is 5.85. The molecule has 0 bridgehead atoms. The summed E-state index contributed by atoms with van der Waals surface area (Å²) in [6.07, 6.45) is 3.84. The number of nitrogens with one attached hydrogen (secondary N) is 1. The average Bonchev–Trinajstić information content (AvgIpc) is 2.77. The molecule has 1 amide bonds. The van der Waals surface area contributed by atoms with E-state index in [0.29, 0.717) is 0 Å². The summed E-state index contributed by atoms with van der Waals surface area (Å²) in [7, 11) is 1.23. The fraction of sp³-hybridized carbons (Fsp3) is 0.800. The molecule has 0 aromatic heterocycles. The van der Waals surface area contributed by atoms with Gasteiger partial charge in [0.15, 0.2) is 6.04 Å². The molecule has 1 atom stereocenters. The molecule has 15 heavy (non-hydrogen) atoms. The monoisotopic (exact) mass is 215 g/mol. The number of methoxy groups -OCH3 is 1. The number of aliphatic hydroxyl groups excluding tert-OH is 1. The molecule has 0 aromatic rings. The van der Waals surface area contributed by atoms with E-state index in [0.717, 1.165) is 25.7 Å². The number of esters is 1. The molecule has 1 fully saturated rings. The van der Waals surface area contributed by atoms with Crippen LogP contribution in [0.1, 0.15) is 25.7 Å². The Kier molecular flexibility index (Phi) is 4.55. The van der Waals surface area contributed by atoms with Crippen LogP contribution < -0.4 is 5.32 Å². The van der Waals surface area contributed by atoms with Crippen molar-refractivity contribution in [3.8, 4) is 0 Å². The summed E-state index contributed by atoms with van der Waals surface area (Å²) in [5, 5.41) is 11.4. The molecule has 0 saturated heterocycles. The molecule has 1 rings (SSSR count). The molecule has 2 N–H and O–H groups in total. The Morgan fingerprint density at radius 1 is 1.47 bits per heavy atom. The summed E-state index contributed by atoms with van der Waals surface area (Å²) in [6.45, 7) is -0.425. The minimum absolute atomic E-state index is 0.0105. The highest BCUT2D eigenvalue weighted by atomic mass is 16.5. The smallest absolute Gasteiger partial charge is 0.330 e. The minimum atomic E-state index is -0.928. The minimum Gasteiger partial charge on any atom is -0.467 e. The van der Waals surface area contributed by atoms with Gasteiger partial charge in [-0.3, -0.25) is 4.79 Å². The van der Waals surface area contributed by atoms with Crippen molar-refractivity contribution in [1.29, 1.82) is 0 Å². The van der Waals surface area contributed by atoms with E-state index < -0.39 is 18.6 Å². The van der Waals surface area contributed by atoms with Crippen molar-refractivity contribution in [2.75, 3.05) is 13.7 Å². The lowest BCUT2D eigenvalue weighted by Gasteiger charge is -2.16. The second kappa shape index (κ2) is 5.70. The predicted octanol–water partition coefficient (Wildman–Crippen LogP) is -0.173. The van der Waals surface area contributed by atoms with Crippen LogP contribution >= 0.6 is 0 Å². The zero-order valence-electron chi connectivity index (χ0n) is 8.86. The maximum Gasteiger partial charge on any atom is 0.330 e. The van der Waals surface area contributed by atoms with Gasteiger partial charge in [-0.2, -0.15) is 0 Å². The first kappa shape index (κ1) is 12.0. The van der Waals surface area contributed by atoms with E-state index in [1.807, 2.05) is 0 Å². The Morgan fingerprint density at radius 2 is 2.07 bits per heavy atom. The predicted molar refractivity (Wildman–Crippen MR) is 53.0 cm³/mol. The lowest BCUT2D eigenvalue weighted by molar-refractivity contribution is -0.146. The Balaban J connectivity index is 2.43. The standard InChI is InChI=1S/C10H17NO4/c1-15-10(14)8(6-12)11-9(13)7-4-2-3-5-7/h7-8,12H,2-6H2,1H3,(H,11,13). The van der Waals surface area contributed by atoms with Gasteiger partial charge in [0.1, 0.15) is 0 Å². The van der Waals surface area contributed by atoms with E-state index in [-0.39, 0.29) is 11.8 Å². The van der Waals surface area contributed by atoms with Gasteiger partial charge in [0.05, 0.1) is 13.7 Å². The van der Waals surface area contributed by atoms with Crippen molar-refractivity contribution < 1.29 is 19.4 Å². The summed E-state index contributed by atoms with van der Waals surface area (Å²) in [4.78, 5) is 22.7. The van der Waals surface area contributed by atoms with Crippen molar-refractivity contribution >= 4 is 11.9 Å². The SMILES string of the molecule is COC(=O)C(CO)NC(=O)C1CCCC1. The van der Waals surface area contributed by atoms with E-state index in [9.17, 15) is 9.59 Å². The van der Waals surface area contributed by atoms with Crippen molar-refractivity contribution in [3.63, 3.8) is 0 Å². The summed E-state index contributed by atoms with van der Waals surface area (Å²) in [5.74, 6) is -0.774. The lowest BCUT2D eigenvalue weighted by atomic mass is 10.1.